The molecule has 0 bridgehead atoms. The van der Waals surface area contributed by atoms with Gasteiger partial charge < -0.3 is 4.74 Å². The van der Waals surface area contributed by atoms with Crippen molar-refractivity contribution in [2.45, 2.75) is 25.7 Å². The highest BCUT2D eigenvalue weighted by atomic mass is 16.5. The Morgan fingerprint density at radius 2 is 1.71 bits per heavy atom. The molecule has 2 heteroatoms. The molecule has 1 saturated carbocycles. The van der Waals surface area contributed by atoms with E-state index in [2.05, 4.69) is 24.3 Å². The third-order valence-electron chi connectivity index (χ3n) is 4.78. The number of allylic oxidation sites excluding steroid dienone is 4. The predicted octanol–water partition coefficient (Wildman–Crippen LogP) is 4.43. The fraction of sp³-hybridized carbons (Fsp3) is 0.421. The Bertz CT molecular complexity index is 533. The van der Waals surface area contributed by atoms with Crippen LogP contribution in [0.4, 0.5) is 0 Å². The molecule has 0 aromatic heterocycles. The molecular formula is C19H22O2. The van der Waals surface area contributed by atoms with Crippen LogP contribution in [0.3, 0.4) is 0 Å². The van der Waals surface area contributed by atoms with Crippen molar-refractivity contribution < 1.29 is 9.53 Å². The Hall–Kier alpha value is -1.83. The molecule has 110 valence electrons. The molecule has 0 spiro atoms. The van der Waals surface area contributed by atoms with E-state index < -0.39 is 0 Å². The highest BCUT2D eigenvalue weighted by molar-refractivity contribution is 5.96. The van der Waals surface area contributed by atoms with Gasteiger partial charge in [0, 0.05) is 12.0 Å². The largest absolute Gasteiger partial charge is 0.497 e. The minimum atomic E-state index is 0.249. The van der Waals surface area contributed by atoms with Crippen molar-refractivity contribution in [3.8, 4) is 5.75 Å². The first-order valence-corrected chi connectivity index (χ1v) is 7.78. The van der Waals surface area contributed by atoms with Crippen LogP contribution in [0.15, 0.2) is 48.6 Å². The van der Waals surface area contributed by atoms with Gasteiger partial charge in [0.05, 0.1) is 7.11 Å². The summed E-state index contributed by atoms with van der Waals surface area (Å²) >= 11 is 0. The number of rotatable bonds is 5. The van der Waals surface area contributed by atoms with E-state index in [1.165, 1.54) is 12.8 Å². The average Bonchev–Trinajstić information content (AvgIpc) is 2.95. The van der Waals surface area contributed by atoms with Crippen molar-refractivity contribution in [2.75, 3.05) is 7.11 Å². The van der Waals surface area contributed by atoms with Crippen LogP contribution < -0.4 is 4.74 Å². The molecule has 2 atom stereocenters. The van der Waals surface area contributed by atoms with Gasteiger partial charge >= 0.3 is 0 Å². The van der Waals surface area contributed by atoms with E-state index in [9.17, 15) is 4.79 Å². The quantitative estimate of drug-likeness (QED) is 0.747. The van der Waals surface area contributed by atoms with E-state index in [1.54, 1.807) is 7.11 Å². The van der Waals surface area contributed by atoms with E-state index in [0.29, 0.717) is 24.2 Å². The smallest absolute Gasteiger partial charge is 0.162 e. The molecule has 0 saturated heterocycles. The average molecular weight is 282 g/mol. The van der Waals surface area contributed by atoms with Crippen LogP contribution in [-0.4, -0.2) is 12.9 Å². The van der Waals surface area contributed by atoms with E-state index in [1.807, 2.05) is 24.3 Å². The lowest BCUT2D eigenvalue weighted by Gasteiger charge is -2.13. The summed E-state index contributed by atoms with van der Waals surface area (Å²) in [5.41, 5.74) is 0.797. The normalized spacial score (nSPS) is 26.6. The number of benzene rings is 1. The molecule has 2 aliphatic carbocycles. The summed E-state index contributed by atoms with van der Waals surface area (Å²) < 4.78 is 5.12. The van der Waals surface area contributed by atoms with Gasteiger partial charge in [-0.05, 0) is 61.3 Å². The van der Waals surface area contributed by atoms with Gasteiger partial charge in [0.25, 0.3) is 0 Å². The van der Waals surface area contributed by atoms with Gasteiger partial charge in [-0.15, -0.1) is 0 Å². The monoisotopic (exact) mass is 282 g/mol. The van der Waals surface area contributed by atoms with Gasteiger partial charge in [-0.3, -0.25) is 4.79 Å². The molecule has 1 aromatic rings. The second kappa shape index (κ2) is 6.30. The maximum atomic E-state index is 12.2. The van der Waals surface area contributed by atoms with Crippen molar-refractivity contribution in [3.63, 3.8) is 0 Å². The standard InChI is InChI=1S/C19H22O2/c1-21-18-9-7-15(8-10-18)19(20)11-6-14-12-16-4-2-3-5-17(16)13-14/h2-5,7-10,14,16-17H,6,11-13H2,1H3. The Kier molecular flexibility index (Phi) is 4.23. The molecule has 21 heavy (non-hydrogen) atoms. The molecule has 0 N–H and O–H groups in total. The molecule has 2 aliphatic rings. The lowest BCUT2D eigenvalue weighted by atomic mass is 9.92. The van der Waals surface area contributed by atoms with Crippen LogP contribution in [0.2, 0.25) is 0 Å². The van der Waals surface area contributed by atoms with Crippen LogP contribution >= 0.6 is 0 Å². The SMILES string of the molecule is COc1ccc(C(=O)CCC2CC3C=CC=CC3C2)cc1. The van der Waals surface area contributed by atoms with Gasteiger partial charge in [-0.25, -0.2) is 0 Å². The number of methoxy groups -OCH3 is 1. The maximum absolute atomic E-state index is 12.2. The van der Waals surface area contributed by atoms with Gasteiger partial charge in [-0.1, -0.05) is 24.3 Å². The fourth-order valence-corrected chi connectivity index (χ4v) is 3.56. The Balaban J connectivity index is 1.52. The van der Waals surface area contributed by atoms with E-state index in [-0.39, 0.29) is 5.78 Å². The van der Waals surface area contributed by atoms with E-state index in [0.717, 1.165) is 17.7 Å². The minimum Gasteiger partial charge on any atom is -0.497 e. The molecule has 2 nitrogen and oxygen atoms in total. The van der Waals surface area contributed by atoms with E-state index >= 15 is 0 Å². The summed E-state index contributed by atoms with van der Waals surface area (Å²) in [6, 6.07) is 7.43. The lowest BCUT2D eigenvalue weighted by Crippen LogP contribution is -2.03. The van der Waals surface area contributed by atoms with Crippen LogP contribution in [0.1, 0.15) is 36.0 Å². The number of carbonyl (C=O) groups is 1. The van der Waals surface area contributed by atoms with Crippen molar-refractivity contribution in [1.82, 2.24) is 0 Å². The number of hydrogen-bond acceptors (Lipinski definition) is 2. The first-order valence-electron chi connectivity index (χ1n) is 7.78. The fourth-order valence-electron chi connectivity index (χ4n) is 3.56. The Morgan fingerprint density at radius 3 is 2.29 bits per heavy atom. The maximum Gasteiger partial charge on any atom is 0.162 e. The predicted molar refractivity (Wildman–Crippen MR) is 84.5 cm³/mol. The van der Waals surface area contributed by atoms with Crippen LogP contribution in [0.5, 0.6) is 5.75 Å². The van der Waals surface area contributed by atoms with Gasteiger partial charge in [-0.2, -0.15) is 0 Å². The molecule has 3 rings (SSSR count). The summed E-state index contributed by atoms with van der Waals surface area (Å²) in [6.45, 7) is 0. The molecule has 0 heterocycles. The lowest BCUT2D eigenvalue weighted by molar-refractivity contribution is 0.0973. The Labute approximate surface area is 126 Å². The zero-order chi connectivity index (χ0) is 14.7. The first kappa shape index (κ1) is 14.1. The van der Waals surface area contributed by atoms with Crippen LogP contribution in [0, 0.1) is 17.8 Å². The second-order valence-corrected chi connectivity index (χ2v) is 6.13. The molecule has 0 radical (unpaired) electrons. The van der Waals surface area contributed by atoms with Gasteiger partial charge in [0.15, 0.2) is 5.78 Å². The number of Topliss-reactive ketones (excluding diaryl/α,β-unsaturated/α-hetero) is 1. The topological polar surface area (TPSA) is 26.3 Å². The number of ether oxygens (including phenoxy) is 1. The molecule has 1 aromatic carbocycles. The number of ketones is 1. The molecule has 0 aliphatic heterocycles. The highest BCUT2D eigenvalue weighted by Crippen LogP contribution is 2.41. The summed E-state index contributed by atoms with van der Waals surface area (Å²) in [4.78, 5) is 12.2. The summed E-state index contributed by atoms with van der Waals surface area (Å²) in [6.07, 6.45) is 13.1. The molecule has 2 unspecified atom stereocenters. The zero-order valence-corrected chi connectivity index (χ0v) is 12.5. The minimum absolute atomic E-state index is 0.249. The number of hydrogen-bond donors (Lipinski definition) is 0. The van der Waals surface area contributed by atoms with Crippen molar-refractivity contribution in [3.05, 3.63) is 54.1 Å². The number of carbonyl (C=O) groups excluding carboxylic acids is 1. The van der Waals surface area contributed by atoms with Crippen molar-refractivity contribution >= 4 is 5.78 Å². The molecule has 1 fully saturated rings. The summed E-state index contributed by atoms with van der Waals surface area (Å²) in [5, 5.41) is 0. The van der Waals surface area contributed by atoms with Gasteiger partial charge in [0.1, 0.15) is 5.75 Å². The van der Waals surface area contributed by atoms with Crippen LogP contribution in [0.25, 0.3) is 0 Å². The molecular weight excluding hydrogens is 260 g/mol. The van der Waals surface area contributed by atoms with E-state index in [4.69, 9.17) is 4.74 Å². The van der Waals surface area contributed by atoms with Crippen molar-refractivity contribution in [1.29, 1.82) is 0 Å². The number of fused-ring (bicyclic) bond motifs is 1. The van der Waals surface area contributed by atoms with Gasteiger partial charge in [0.2, 0.25) is 0 Å². The third-order valence-corrected chi connectivity index (χ3v) is 4.78. The van der Waals surface area contributed by atoms with Crippen molar-refractivity contribution in [2.24, 2.45) is 17.8 Å². The molecule has 0 amide bonds. The second-order valence-electron chi connectivity index (χ2n) is 6.13. The summed E-state index contributed by atoms with van der Waals surface area (Å²) in [5.74, 6) is 3.14. The first-order chi connectivity index (χ1) is 10.3. The zero-order valence-electron chi connectivity index (χ0n) is 12.5. The van der Waals surface area contributed by atoms with Crippen LogP contribution in [-0.2, 0) is 0 Å². The Morgan fingerprint density at radius 1 is 1.10 bits per heavy atom. The summed E-state index contributed by atoms with van der Waals surface area (Å²) in [7, 11) is 1.64. The third kappa shape index (κ3) is 3.26. The highest BCUT2D eigenvalue weighted by Gasteiger charge is 2.31.